The number of ether oxygens (including phenoxy) is 1. The third-order valence-electron chi connectivity index (χ3n) is 6.57. The zero-order valence-corrected chi connectivity index (χ0v) is 20.1. The Bertz CT molecular complexity index is 1090. The topological polar surface area (TPSA) is 91.8 Å². The number of halogens is 1. The monoisotopic (exact) mass is 500 g/mol. The average Bonchev–Trinajstić information content (AvgIpc) is 3.35. The molecule has 5 rings (SSSR count). The molecule has 8 nitrogen and oxygen atoms in total. The predicted molar refractivity (Wildman–Crippen MR) is 130 cm³/mol. The summed E-state index contributed by atoms with van der Waals surface area (Å²) in [7, 11) is 0. The van der Waals surface area contributed by atoms with Crippen molar-refractivity contribution in [1.29, 1.82) is 0 Å². The highest BCUT2D eigenvalue weighted by molar-refractivity contribution is 8.00. The number of hydrogen-bond donors (Lipinski definition) is 1. The molecule has 1 aromatic heterocycles. The molecule has 0 radical (unpaired) electrons. The van der Waals surface area contributed by atoms with Crippen LogP contribution in [-0.2, 0) is 20.7 Å². The van der Waals surface area contributed by atoms with Crippen LogP contribution in [0.15, 0.2) is 42.6 Å². The Labute approximate surface area is 207 Å². The molecule has 2 fully saturated rings. The van der Waals surface area contributed by atoms with E-state index in [4.69, 9.17) is 16.3 Å². The van der Waals surface area contributed by atoms with E-state index in [0.29, 0.717) is 23.9 Å². The van der Waals surface area contributed by atoms with Crippen LogP contribution in [0.4, 0.5) is 10.6 Å². The van der Waals surface area contributed by atoms with Crippen LogP contribution in [-0.4, -0.2) is 69.4 Å². The van der Waals surface area contributed by atoms with E-state index in [1.165, 1.54) is 29.1 Å². The Morgan fingerprint density at radius 2 is 1.94 bits per heavy atom. The molecule has 1 N–H and O–H groups in total. The van der Waals surface area contributed by atoms with E-state index in [-0.39, 0.29) is 47.6 Å². The van der Waals surface area contributed by atoms with E-state index in [1.807, 2.05) is 21.9 Å². The fourth-order valence-electron chi connectivity index (χ4n) is 5.00. The standard InChI is InChI=1S/C24H25ClN4O4S/c25-16-5-6-20(26-12-16)27-21(30)13-34-14-22(31)28-9-7-17(8-10-28)29-23-18-4-2-1-3-15(18)11-19(23)33-24(29)32/h1-6,12,17,19,23H,7-11,13-14H2,(H,26,27,30). The molecule has 10 heteroatoms. The molecule has 2 atom stereocenters. The zero-order chi connectivity index (χ0) is 23.7. The lowest BCUT2D eigenvalue weighted by molar-refractivity contribution is -0.129. The van der Waals surface area contributed by atoms with Crippen LogP contribution in [0.25, 0.3) is 0 Å². The number of hydrogen-bond acceptors (Lipinski definition) is 6. The Hall–Kier alpha value is -2.78. The molecule has 3 amide bonds. The molecule has 2 saturated heterocycles. The third-order valence-corrected chi connectivity index (χ3v) is 7.71. The van der Waals surface area contributed by atoms with Gasteiger partial charge in [0.2, 0.25) is 11.8 Å². The highest BCUT2D eigenvalue weighted by atomic mass is 35.5. The normalized spacial score (nSPS) is 21.7. The molecule has 3 aliphatic rings. The number of nitrogens with zero attached hydrogens (tertiary/aromatic N) is 3. The van der Waals surface area contributed by atoms with Crippen molar-refractivity contribution >= 4 is 47.1 Å². The zero-order valence-electron chi connectivity index (χ0n) is 18.5. The van der Waals surface area contributed by atoms with Crippen molar-refractivity contribution in [3.8, 4) is 0 Å². The maximum Gasteiger partial charge on any atom is 0.411 e. The van der Waals surface area contributed by atoms with Gasteiger partial charge >= 0.3 is 6.09 Å². The molecule has 1 aromatic carbocycles. The summed E-state index contributed by atoms with van der Waals surface area (Å²) >= 11 is 7.07. The number of carbonyl (C=O) groups excluding carboxylic acids is 3. The maximum absolute atomic E-state index is 12.7. The molecule has 0 spiro atoms. The average molecular weight is 501 g/mol. The van der Waals surface area contributed by atoms with Crippen molar-refractivity contribution in [3.63, 3.8) is 0 Å². The lowest BCUT2D eigenvalue weighted by Gasteiger charge is -2.38. The highest BCUT2D eigenvalue weighted by Gasteiger charge is 2.50. The van der Waals surface area contributed by atoms with Crippen molar-refractivity contribution in [2.75, 3.05) is 29.9 Å². The number of nitrogens with one attached hydrogen (secondary N) is 1. The summed E-state index contributed by atoms with van der Waals surface area (Å²) in [4.78, 5) is 45.1. The molecule has 2 aromatic rings. The number of carbonyl (C=O) groups is 3. The molecule has 2 aliphatic heterocycles. The summed E-state index contributed by atoms with van der Waals surface area (Å²) < 4.78 is 5.69. The first-order chi connectivity index (χ1) is 16.5. The predicted octanol–water partition coefficient (Wildman–Crippen LogP) is 3.52. The molecule has 3 heterocycles. The smallest absolute Gasteiger partial charge is 0.411 e. The van der Waals surface area contributed by atoms with Crippen molar-refractivity contribution in [2.24, 2.45) is 0 Å². The van der Waals surface area contributed by atoms with Gasteiger partial charge in [-0.1, -0.05) is 35.9 Å². The second kappa shape index (κ2) is 9.84. The number of anilines is 1. The number of benzene rings is 1. The minimum Gasteiger partial charge on any atom is -0.443 e. The first-order valence-corrected chi connectivity index (χ1v) is 12.9. The van der Waals surface area contributed by atoms with Crippen molar-refractivity contribution in [2.45, 2.75) is 37.5 Å². The van der Waals surface area contributed by atoms with Crippen LogP contribution < -0.4 is 5.32 Å². The Balaban J connectivity index is 1.09. The molecular formula is C24H25ClN4O4S. The highest BCUT2D eigenvalue weighted by Crippen LogP contribution is 2.44. The van der Waals surface area contributed by atoms with E-state index < -0.39 is 0 Å². The van der Waals surface area contributed by atoms with Gasteiger partial charge in [-0.15, -0.1) is 11.8 Å². The lowest BCUT2D eigenvalue weighted by Crippen LogP contribution is -2.48. The minimum absolute atomic E-state index is 0.00829. The van der Waals surface area contributed by atoms with Gasteiger partial charge in [0.1, 0.15) is 11.9 Å². The Morgan fingerprint density at radius 1 is 1.15 bits per heavy atom. The second-order valence-electron chi connectivity index (χ2n) is 8.69. The summed E-state index contributed by atoms with van der Waals surface area (Å²) in [5, 5.41) is 3.18. The number of likely N-dealkylation sites (tertiary alicyclic amines) is 1. The van der Waals surface area contributed by atoms with Gasteiger partial charge in [0.15, 0.2) is 0 Å². The fourth-order valence-corrected chi connectivity index (χ4v) is 5.83. The van der Waals surface area contributed by atoms with Gasteiger partial charge in [0.05, 0.1) is 22.6 Å². The Kier molecular flexibility index (Phi) is 6.65. The van der Waals surface area contributed by atoms with Crippen LogP contribution in [0.2, 0.25) is 5.02 Å². The largest absolute Gasteiger partial charge is 0.443 e. The van der Waals surface area contributed by atoms with Crippen LogP contribution in [0.5, 0.6) is 0 Å². The van der Waals surface area contributed by atoms with Crippen LogP contribution in [0.3, 0.4) is 0 Å². The van der Waals surface area contributed by atoms with Gasteiger partial charge in [0, 0.05) is 31.7 Å². The van der Waals surface area contributed by atoms with Gasteiger partial charge in [-0.25, -0.2) is 9.78 Å². The molecule has 34 heavy (non-hydrogen) atoms. The number of pyridine rings is 1. The summed E-state index contributed by atoms with van der Waals surface area (Å²) in [5.41, 5.74) is 2.43. The number of fused-ring (bicyclic) bond motifs is 3. The molecule has 1 aliphatic carbocycles. The van der Waals surface area contributed by atoms with Gasteiger partial charge in [0.25, 0.3) is 0 Å². The van der Waals surface area contributed by atoms with Gasteiger partial charge in [-0.3, -0.25) is 14.5 Å². The summed E-state index contributed by atoms with van der Waals surface area (Å²) in [5.74, 6) is 0.611. The van der Waals surface area contributed by atoms with Crippen molar-refractivity contribution in [1.82, 2.24) is 14.8 Å². The summed E-state index contributed by atoms with van der Waals surface area (Å²) in [6, 6.07) is 11.5. The SMILES string of the molecule is O=C(CSCC(=O)N1CCC(N2C(=O)OC3Cc4ccccc4C32)CC1)Nc1ccc(Cl)cn1. The van der Waals surface area contributed by atoms with Crippen LogP contribution >= 0.6 is 23.4 Å². The van der Waals surface area contributed by atoms with E-state index in [1.54, 1.807) is 12.1 Å². The van der Waals surface area contributed by atoms with Gasteiger partial charge < -0.3 is 15.0 Å². The molecule has 178 valence electrons. The summed E-state index contributed by atoms with van der Waals surface area (Å²) in [6.07, 6.45) is 3.31. The van der Waals surface area contributed by atoms with Crippen LogP contribution in [0.1, 0.15) is 30.0 Å². The van der Waals surface area contributed by atoms with E-state index >= 15 is 0 Å². The number of amides is 3. The molecule has 2 unspecified atom stereocenters. The third kappa shape index (κ3) is 4.72. The first kappa shape index (κ1) is 23.0. The molecule has 0 bridgehead atoms. The number of piperidine rings is 1. The van der Waals surface area contributed by atoms with Gasteiger partial charge in [-0.05, 0) is 36.1 Å². The van der Waals surface area contributed by atoms with Gasteiger partial charge in [-0.2, -0.15) is 0 Å². The minimum atomic E-state index is -0.244. The van der Waals surface area contributed by atoms with E-state index in [9.17, 15) is 14.4 Å². The maximum atomic E-state index is 12.7. The lowest BCUT2D eigenvalue weighted by atomic mass is 9.99. The first-order valence-electron chi connectivity index (χ1n) is 11.3. The summed E-state index contributed by atoms with van der Waals surface area (Å²) in [6.45, 7) is 1.18. The number of rotatable bonds is 6. The Morgan fingerprint density at radius 3 is 2.71 bits per heavy atom. The molecular weight excluding hydrogens is 476 g/mol. The van der Waals surface area contributed by atoms with Crippen molar-refractivity contribution < 1.29 is 19.1 Å². The van der Waals surface area contributed by atoms with E-state index in [0.717, 1.165) is 19.3 Å². The number of thioether (sulfide) groups is 1. The fraction of sp³-hybridized carbons (Fsp3) is 0.417. The van der Waals surface area contributed by atoms with E-state index in [2.05, 4.69) is 22.4 Å². The molecule has 0 saturated carbocycles. The van der Waals surface area contributed by atoms with Crippen LogP contribution in [0, 0.1) is 0 Å². The quantitative estimate of drug-likeness (QED) is 0.652. The van der Waals surface area contributed by atoms with Crippen molar-refractivity contribution in [3.05, 3.63) is 58.7 Å². The second-order valence-corrected chi connectivity index (χ2v) is 10.1. The number of aromatic nitrogens is 1.